The van der Waals surface area contributed by atoms with Crippen molar-refractivity contribution < 1.29 is 22.4 Å². The molecule has 1 fully saturated rings. The van der Waals surface area contributed by atoms with Crippen molar-refractivity contribution in [2.24, 2.45) is 0 Å². The number of nitrogens with zero attached hydrogens (tertiary/aromatic N) is 3. The number of nitrogens with one attached hydrogen (secondary N) is 2. The van der Waals surface area contributed by atoms with Crippen LogP contribution >= 0.6 is 22.9 Å². The molecule has 1 unspecified atom stereocenters. The van der Waals surface area contributed by atoms with Crippen molar-refractivity contribution in [2.75, 3.05) is 25.0 Å². The topological polar surface area (TPSA) is 115 Å². The van der Waals surface area contributed by atoms with Gasteiger partial charge in [0.05, 0.1) is 22.0 Å². The second kappa shape index (κ2) is 10.9. The molecule has 36 heavy (non-hydrogen) atoms. The second-order valence-corrected chi connectivity index (χ2v) is 11.5. The third kappa shape index (κ3) is 6.19. The van der Waals surface area contributed by atoms with E-state index in [1.807, 2.05) is 0 Å². The molecule has 2 amide bonds. The number of carbonyl (C=O) groups is 2. The molecule has 190 valence electrons. The number of aromatic amines is 1. The summed E-state index contributed by atoms with van der Waals surface area (Å²) in [6, 6.07) is 6.19. The Balaban J connectivity index is 1.39. The van der Waals surface area contributed by atoms with Crippen LogP contribution in [-0.4, -0.2) is 61.3 Å². The maximum atomic E-state index is 14.9. The van der Waals surface area contributed by atoms with E-state index in [-0.39, 0.29) is 30.1 Å². The molecule has 0 aliphatic carbocycles. The Labute approximate surface area is 216 Å². The highest BCUT2D eigenvalue weighted by atomic mass is 35.5. The maximum absolute atomic E-state index is 14.9. The van der Waals surface area contributed by atoms with E-state index in [1.165, 1.54) is 39.3 Å². The van der Waals surface area contributed by atoms with E-state index in [1.54, 1.807) is 31.7 Å². The first-order valence-electron chi connectivity index (χ1n) is 10.9. The van der Waals surface area contributed by atoms with Crippen LogP contribution in [0.4, 0.5) is 10.1 Å². The van der Waals surface area contributed by atoms with Crippen molar-refractivity contribution in [3.8, 4) is 0 Å². The normalized spacial score (nSPS) is 16.2. The van der Waals surface area contributed by atoms with E-state index in [0.717, 1.165) is 17.2 Å². The smallest absolute Gasteiger partial charge is 0.253 e. The summed E-state index contributed by atoms with van der Waals surface area (Å²) in [7, 11) is -2.30. The number of anilines is 1. The van der Waals surface area contributed by atoms with E-state index >= 15 is 0 Å². The van der Waals surface area contributed by atoms with Crippen molar-refractivity contribution in [3.05, 3.63) is 74.6 Å². The van der Waals surface area contributed by atoms with E-state index in [9.17, 15) is 22.4 Å². The Morgan fingerprint density at radius 1 is 1.39 bits per heavy atom. The third-order valence-corrected chi connectivity index (χ3v) is 7.91. The Morgan fingerprint density at radius 2 is 2.19 bits per heavy atom. The summed E-state index contributed by atoms with van der Waals surface area (Å²) in [5.74, 6) is -1.68. The van der Waals surface area contributed by atoms with Gasteiger partial charge in [-0.05, 0) is 42.8 Å². The number of hydrogen-bond acceptors (Lipinski definition) is 6. The van der Waals surface area contributed by atoms with Gasteiger partial charge in [0.1, 0.15) is 11.9 Å². The summed E-state index contributed by atoms with van der Waals surface area (Å²) in [6.07, 6.45) is 5.40. The highest BCUT2D eigenvalue weighted by Gasteiger charge is 2.36. The molecule has 2 N–H and O–H groups in total. The van der Waals surface area contributed by atoms with Gasteiger partial charge in [-0.3, -0.25) is 9.59 Å². The minimum atomic E-state index is -3.92. The molecule has 1 saturated heterocycles. The molecule has 0 spiro atoms. The first kappa shape index (κ1) is 26.0. The minimum absolute atomic E-state index is 0.0128. The number of imidazole rings is 1. The van der Waals surface area contributed by atoms with E-state index in [0.29, 0.717) is 22.2 Å². The fourth-order valence-corrected chi connectivity index (χ4v) is 5.80. The minimum Gasteiger partial charge on any atom is -0.351 e. The summed E-state index contributed by atoms with van der Waals surface area (Å²) < 4.78 is 42.6. The number of aromatic nitrogens is 2. The SMILES string of the molecule is CN(CCc1c[nH]cn1)C(=O)c1ccc(N2CCC(NS(=O)(=O)/C=C/c3ccc(Cl)s3)C2=O)c(F)c1. The molecule has 1 atom stereocenters. The largest absolute Gasteiger partial charge is 0.351 e. The molecule has 9 nitrogen and oxygen atoms in total. The number of rotatable bonds is 9. The molecule has 1 aliphatic heterocycles. The molecule has 3 heterocycles. The van der Waals surface area contributed by atoms with Gasteiger partial charge in [-0.2, -0.15) is 4.72 Å². The molecule has 3 aromatic rings. The number of halogens is 2. The molecule has 0 bridgehead atoms. The summed E-state index contributed by atoms with van der Waals surface area (Å²) in [5, 5.41) is 0.967. The van der Waals surface area contributed by atoms with Crippen LogP contribution in [0.1, 0.15) is 27.3 Å². The van der Waals surface area contributed by atoms with Crippen molar-refractivity contribution >= 4 is 56.5 Å². The van der Waals surface area contributed by atoms with Gasteiger partial charge in [-0.1, -0.05) is 11.6 Å². The Morgan fingerprint density at radius 3 is 2.86 bits per heavy atom. The van der Waals surface area contributed by atoms with Crippen molar-refractivity contribution in [3.63, 3.8) is 0 Å². The van der Waals surface area contributed by atoms with Gasteiger partial charge in [0.15, 0.2) is 0 Å². The molecule has 13 heteroatoms. The van der Waals surface area contributed by atoms with E-state index in [2.05, 4.69) is 14.7 Å². The lowest BCUT2D eigenvalue weighted by Gasteiger charge is -2.20. The molecule has 1 aliphatic rings. The van der Waals surface area contributed by atoms with Crippen LogP contribution in [0.15, 0.2) is 48.3 Å². The number of thiophene rings is 1. The number of sulfonamides is 1. The van der Waals surface area contributed by atoms with Gasteiger partial charge >= 0.3 is 0 Å². The van der Waals surface area contributed by atoms with Gasteiger partial charge in [0.2, 0.25) is 15.9 Å². The molecular weight excluding hydrogens is 529 g/mol. The molecule has 1 aromatic carbocycles. The first-order valence-corrected chi connectivity index (χ1v) is 13.7. The summed E-state index contributed by atoms with van der Waals surface area (Å²) >= 11 is 7.06. The average molecular weight is 552 g/mol. The van der Waals surface area contributed by atoms with Crippen LogP contribution in [0, 0.1) is 5.82 Å². The average Bonchev–Trinajstić information content (AvgIpc) is 3.59. The maximum Gasteiger partial charge on any atom is 0.253 e. The number of likely N-dealkylation sites (N-methyl/N-ethyl adjacent to an activating group) is 1. The van der Waals surface area contributed by atoms with E-state index in [4.69, 9.17) is 11.6 Å². The van der Waals surface area contributed by atoms with Crippen molar-refractivity contribution in [1.29, 1.82) is 0 Å². The monoisotopic (exact) mass is 551 g/mol. The van der Waals surface area contributed by atoms with Crippen LogP contribution in [0.25, 0.3) is 6.08 Å². The van der Waals surface area contributed by atoms with Gasteiger partial charge in [-0.15, -0.1) is 11.3 Å². The highest BCUT2D eigenvalue weighted by molar-refractivity contribution is 7.92. The molecular formula is C23H23ClFN5O4S2. The van der Waals surface area contributed by atoms with Gasteiger partial charge in [0.25, 0.3) is 5.91 Å². The van der Waals surface area contributed by atoms with E-state index < -0.39 is 27.8 Å². The molecule has 0 saturated carbocycles. The number of H-pyrrole nitrogens is 1. The summed E-state index contributed by atoms with van der Waals surface area (Å²) in [6.45, 7) is 0.525. The number of hydrogen-bond donors (Lipinski definition) is 2. The summed E-state index contributed by atoms with van der Waals surface area (Å²) in [4.78, 5) is 35.8. The Bertz CT molecular complexity index is 1390. The Hall–Kier alpha value is -3.06. The number of carbonyl (C=O) groups excluding carboxylic acids is 2. The molecule has 4 rings (SSSR count). The first-order chi connectivity index (χ1) is 17.1. The Kier molecular flexibility index (Phi) is 7.88. The number of benzene rings is 1. The second-order valence-electron chi connectivity index (χ2n) is 8.14. The van der Waals surface area contributed by atoms with Crippen LogP contribution in [-0.2, 0) is 21.2 Å². The zero-order chi connectivity index (χ0) is 25.9. The highest BCUT2D eigenvalue weighted by Crippen LogP contribution is 2.27. The van der Waals surface area contributed by atoms with Crippen LogP contribution in [0.3, 0.4) is 0 Å². The predicted molar refractivity (Wildman–Crippen MR) is 137 cm³/mol. The van der Waals surface area contributed by atoms with Crippen molar-refractivity contribution in [1.82, 2.24) is 19.6 Å². The van der Waals surface area contributed by atoms with Gasteiger partial charge in [-0.25, -0.2) is 17.8 Å². The van der Waals surface area contributed by atoms with Crippen molar-refractivity contribution in [2.45, 2.75) is 18.9 Å². The zero-order valence-electron chi connectivity index (χ0n) is 19.1. The molecule has 2 aromatic heterocycles. The molecule has 0 radical (unpaired) electrons. The van der Waals surface area contributed by atoms with Gasteiger partial charge < -0.3 is 14.8 Å². The van der Waals surface area contributed by atoms with Crippen LogP contribution in [0.5, 0.6) is 0 Å². The predicted octanol–water partition coefficient (Wildman–Crippen LogP) is 3.27. The van der Waals surface area contributed by atoms with Crippen LogP contribution in [0.2, 0.25) is 4.34 Å². The third-order valence-electron chi connectivity index (χ3n) is 5.61. The fourth-order valence-electron chi connectivity index (χ4n) is 3.73. The quantitative estimate of drug-likeness (QED) is 0.423. The zero-order valence-corrected chi connectivity index (χ0v) is 21.5. The fraction of sp³-hybridized carbons (Fsp3) is 0.261. The lowest BCUT2D eigenvalue weighted by Crippen LogP contribution is -2.41. The van der Waals surface area contributed by atoms with Gasteiger partial charge in [0, 0.05) is 48.6 Å². The standard InChI is InChI=1S/C23H23ClFN5O4S2/c1-29(9-6-16-13-26-14-27-16)22(31)15-2-4-20(18(25)12-15)30-10-7-19(23(30)32)28-36(33,34)11-8-17-3-5-21(24)35-17/h2-5,8,11-14,19,28H,6-7,9-10H2,1H3,(H,26,27)/b11-8+. The lowest BCUT2D eigenvalue weighted by atomic mass is 10.1. The van der Waals surface area contributed by atoms with Crippen LogP contribution < -0.4 is 9.62 Å². The number of amides is 2. The summed E-state index contributed by atoms with van der Waals surface area (Å²) in [5.41, 5.74) is 0.935. The lowest BCUT2D eigenvalue weighted by molar-refractivity contribution is -0.118.